The van der Waals surface area contributed by atoms with Gasteiger partial charge in [-0.2, -0.15) is 0 Å². The van der Waals surface area contributed by atoms with Crippen LogP contribution in [0.4, 0.5) is 5.82 Å². The normalized spacial score (nSPS) is 25.3. The first kappa shape index (κ1) is 18.8. The van der Waals surface area contributed by atoms with E-state index in [-0.39, 0.29) is 22.5 Å². The van der Waals surface area contributed by atoms with Crippen LogP contribution in [0.5, 0.6) is 11.5 Å². The standard InChI is InChI=1S/C21H25N3O4S/c1-12-22-19-17(20(25)23-24(19)14-6-7-28-21(2,3)11-14)18(29-12)13-4-5-15-16(10-13)27-9-8-26-15/h4-5,10,14,18H,6-9,11H2,1-3H3,(H,23,25). The SMILES string of the molecule is CC1=Nc2c(c(=O)[nH]n2C2CCOC(C)(C)C2)C(c2ccc3c(c2)OCCO3)S1. The molecule has 1 fully saturated rings. The number of benzene rings is 1. The molecule has 5 rings (SSSR count). The molecule has 1 saturated heterocycles. The van der Waals surface area contributed by atoms with Crippen molar-refractivity contribution >= 4 is 22.6 Å². The van der Waals surface area contributed by atoms with Crippen LogP contribution in [0.2, 0.25) is 0 Å². The molecule has 1 N–H and O–H groups in total. The summed E-state index contributed by atoms with van der Waals surface area (Å²) in [6.07, 6.45) is 1.69. The van der Waals surface area contributed by atoms with Crippen molar-refractivity contribution in [2.75, 3.05) is 19.8 Å². The van der Waals surface area contributed by atoms with E-state index in [1.807, 2.05) is 29.8 Å². The highest BCUT2D eigenvalue weighted by Gasteiger charge is 2.36. The van der Waals surface area contributed by atoms with Crippen LogP contribution < -0.4 is 15.0 Å². The molecule has 0 amide bonds. The number of H-pyrrole nitrogens is 1. The highest BCUT2D eigenvalue weighted by Crippen LogP contribution is 2.47. The van der Waals surface area contributed by atoms with Gasteiger partial charge in [0.2, 0.25) is 0 Å². The summed E-state index contributed by atoms with van der Waals surface area (Å²) in [5.74, 6) is 2.23. The molecule has 2 unspecified atom stereocenters. The first-order chi connectivity index (χ1) is 13.9. The quantitative estimate of drug-likeness (QED) is 0.803. The molecule has 3 aliphatic heterocycles. The highest BCUT2D eigenvalue weighted by atomic mass is 32.2. The molecule has 154 valence electrons. The molecular formula is C21H25N3O4S. The lowest BCUT2D eigenvalue weighted by Gasteiger charge is -2.36. The maximum Gasteiger partial charge on any atom is 0.271 e. The zero-order chi connectivity index (χ0) is 20.2. The van der Waals surface area contributed by atoms with E-state index in [0.717, 1.165) is 40.8 Å². The Hall–Kier alpha value is -2.19. The number of aromatic amines is 1. The minimum Gasteiger partial charge on any atom is -0.486 e. The molecule has 2 atom stereocenters. The molecule has 29 heavy (non-hydrogen) atoms. The molecule has 7 nitrogen and oxygen atoms in total. The van der Waals surface area contributed by atoms with Crippen molar-refractivity contribution in [2.45, 2.75) is 50.5 Å². The number of hydrogen-bond donors (Lipinski definition) is 1. The van der Waals surface area contributed by atoms with Gasteiger partial charge < -0.3 is 14.2 Å². The van der Waals surface area contributed by atoms with Gasteiger partial charge in [0.1, 0.15) is 13.2 Å². The Labute approximate surface area is 173 Å². The number of ether oxygens (including phenoxy) is 3. The lowest BCUT2D eigenvalue weighted by molar-refractivity contribution is -0.0705. The summed E-state index contributed by atoms with van der Waals surface area (Å²) in [6.45, 7) is 7.95. The lowest BCUT2D eigenvalue weighted by Crippen LogP contribution is -2.35. The Balaban J connectivity index is 1.57. The number of fused-ring (bicyclic) bond motifs is 2. The highest BCUT2D eigenvalue weighted by molar-refractivity contribution is 8.14. The molecule has 4 heterocycles. The van der Waals surface area contributed by atoms with Gasteiger partial charge in [0.25, 0.3) is 5.56 Å². The fourth-order valence-corrected chi connectivity index (χ4v) is 5.44. The predicted octanol–water partition coefficient (Wildman–Crippen LogP) is 3.96. The van der Waals surface area contributed by atoms with E-state index in [9.17, 15) is 4.79 Å². The van der Waals surface area contributed by atoms with Crippen LogP contribution in [-0.2, 0) is 4.74 Å². The van der Waals surface area contributed by atoms with Gasteiger partial charge in [-0.3, -0.25) is 14.6 Å². The molecule has 0 radical (unpaired) electrons. The smallest absolute Gasteiger partial charge is 0.271 e. The van der Waals surface area contributed by atoms with Crippen LogP contribution in [0, 0.1) is 0 Å². The summed E-state index contributed by atoms with van der Waals surface area (Å²) in [5.41, 5.74) is 1.44. The second-order valence-electron chi connectivity index (χ2n) is 8.33. The number of nitrogens with one attached hydrogen (secondary N) is 1. The molecule has 0 aliphatic carbocycles. The van der Waals surface area contributed by atoms with E-state index in [1.165, 1.54) is 0 Å². The zero-order valence-corrected chi connectivity index (χ0v) is 17.7. The van der Waals surface area contributed by atoms with Crippen molar-refractivity contribution in [2.24, 2.45) is 4.99 Å². The fourth-order valence-electron chi connectivity index (χ4n) is 4.35. The minimum atomic E-state index is -0.214. The predicted molar refractivity (Wildman–Crippen MR) is 113 cm³/mol. The number of nitrogens with zero attached hydrogens (tertiary/aromatic N) is 2. The number of hydrogen-bond acceptors (Lipinski definition) is 6. The zero-order valence-electron chi connectivity index (χ0n) is 16.9. The molecule has 1 aromatic carbocycles. The Morgan fingerprint density at radius 2 is 2.00 bits per heavy atom. The van der Waals surface area contributed by atoms with Crippen molar-refractivity contribution in [1.82, 2.24) is 9.78 Å². The third kappa shape index (κ3) is 3.38. The summed E-state index contributed by atoms with van der Waals surface area (Å²) in [4.78, 5) is 17.8. The van der Waals surface area contributed by atoms with Gasteiger partial charge in [-0.25, -0.2) is 4.99 Å². The first-order valence-electron chi connectivity index (χ1n) is 10.0. The number of thioether (sulfide) groups is 1. The van der Waals surface area contributed by atoms with Crippen LogP contribution in [-0.4, -0.2) is 40.2 Å². The van der Waals surface area contributed by atoms with Crippen molar-refractivity contribution in [3.8, 4) is 11.5 Å². The largest absolute Gasteiger partial charge is 0.486 e. The Bertz CT molecular complexity index is 1040. The van der Waals surface area contributed by atoms with Gasteiger partial charge >= 0.3 is 0 Å². The Morgan fingerprint density at radius 1 is 1.21 bits per heavy atom. The third-order valence-corrected chi connectivity index (χ3v) is 6.83. The van der Waals surface area contributed by atoms with Crippen molar-refractivity contribution < 1.29 is 14.2 Å². The van der Waals surface area contributed by atoms with Crippen LogP contribution in [0.15, 0.2) is 28.0 Å². The average molecular weight is 416 g/mol. The maximum absolute atomic E-state index is 13.0. The molecule has 3 aliphatic rings. The second kappa shape index (κ2) is 6.95. The molecule has 1 aromatic heterocycles. The van der Waals surface area contributed by atoms with Crippen molar-refractivity contribution in [3.63, 3.8) is 0 Å². The molecule has 0 bridgehead atoms. The van der Waals surface area contributed by atoms with Gasteiger partial charge in [0.05, 0.1) is 27.5 Å². The second-order valence-corrected chi connectivity index (χ2v) is 9.63. The van der Waals surface area contributed by atoms with E-state index in [2.05, 4.69) is 18.9 Å². The van der Waals surface area contributed by atoms with Crippen LogP contribution in [0.3, 0.4) is 0 Å². The summed E-state index contributed by atoms with van der Waals surface area (Å²) in [5, 5.41) is 3.89. The van der Waals surface area contributed by atoms with Crippen LogP contribution in [0.25, 0.3) is 0 Å². The van der Waals surface area contributed by atoms with E-state index < -0.39 is 0 Å². The molecule has 2 aromatic rings. The van der Waals surface area contributed by atoms with Crippen LogP contribution >= 0.6 is 11.8 Å². The van der Waals surface area contributed by atoms with Gasteiger partial charge in [-0.15, -0.1) is 0 Å². The Kier molecular flexibility index (Phi) is 4.51. The molecule has 8 heteroatoms. The maximum atomic E-state index is 13.0. The summed E-state index contributed by atoms with van der Waals surface area (Å²) in [6, 6.07) is 6.10. The summed E-state index contributed by atoms with van der Waals surface area (Å²) in [7, 11) is 0. The third-order valence-electron chi connectivity index (χ3n) is 5.65. The molecular weight excluding hydrogens is 390 g/mol. The van der Waals surface area contributed by atoms with Crippen LogP contribution in [0.1, 0.15) is 56.0 Å². The fraction of sp³-hybridized carbons (Fsp3) is 0.524. The van der Waals surface area contributed by atoms with E-state index in [0.29, 0.717) is 25.4 Å². The number of aliphatic imine (C=N–C) groups is 1. The van der Waals surface area contributed by atoms with Crippen molar-refractivity contribution in [3.05, 3.63) is 39.7 Å². The van der Waals surface area contributed by atoms with Gasteiger partial charge in [0, 0.05) is 6.61 Å². The lowest BCUT2D eigenvalue weighted by atomic mass is 9.94. The average Bonchev–Trinajstić information content (AvgIpc) is 3.02. The van der Waals surface area contributed by atoms with Gasteiger partial charge in [0.15, 0.2) is 17.3 Å². The molecule has 0 spiro atoms. The van der Waals surface area contributed by atoms with E-state index in [4.69, 9.17) is 19.2 Å². The number of rotatable bonds is 2. The van der Waals surface area contributed by atoms with Gasteiger partial charge in [-0.05, 0) is 51.3 Å². The minimum absolute atomic E-state index is 0.0760. The molecule has 0 saturated carbocycles. The van der Waals surface area contributed by atoms with E-state index >= 15 is 0 Å². The first-order valence-corrected chi connectivity index (χ1v) is 10.9. The monoisotopic (exact) mass is 415 g/mol. The van der Waals surface area contributed by atoms with Gasteiger partial charge in [-0.1, -0.05) is 17.8 Å². The topological polar surface area (TPSA) is 77.8 Å². The van der Waals surface area contributed by atoms with Crippen molar-refractivity contribution in [1.29, 1.82) is 0 Å². The summed E-state index contributed by atoms with van der Waals surface area (Å²) < 4.78 is 19.2. The van der Waals surface area contributed by atoms with E-state index in [1.54, 1.807) is 11.8 Å². The Morgan fingerprint density at radius 3 is 2.79 bits per heavy atom. The summed E-state index contributed by atoms with van der Waals surface area (Å²) >= 11 is 1.60. The number of aromatic nitrogens is 2.